The Kier molecular flexibility index (Phi) is 74.9. The van der Waals surface area contributed by atoms with Crippen LogP contribution in [0.1, 0.15) is 130 Å². The summed E-state index contributed by atoms with van der Waals surface area (Å²) in [5.74, 6) is -0.0545. The highest BCUT2D eigenvalue weighted by Gasteiger charge is 2.45. The monoisotopic (exact) mass is 2000 g/mol. The molecule has 137 heavy (non-hydrogen) atoms. The maximum absolute atomic E-state index is 12.8. The highest BCUT2D eigenvalue weighted by molar-refractivity contribution is 7.94. The van der Waals surface area contributed by atoms with E-state index in [1.165, 1.54) is 12.1 Å². The first-order valence-corrected chi connectivity index (χ1v) is 50.5. The fourth-order valence-electron chi connectivity index (χ4n) is 13.6. The molecule has 0 fully saturated rings. The van der Waals surface area contributed by atoms with Gasteiger partial charge >= 0.3 is 6.09 Å². The number of nitrogens with zero attached hydrogens (tertiary/aromatic N) is 2. The van der Waals surface area contributed by atoms with Gasteiger partial charge in [-0.2, -0.15) is 8.91 Å². The number of hydrogen-bond acceptors (Lipinski definition) is 36. The number of benzene rings is 2. The molecular weight excluding hydrogens is 1830 g/mol. The Balaban J connectivity index is 0.868. The summed E-state index contributed by atoms with van der Waals surface area (Å²) in [7, 11) is -3.08. The van der Waals surface area contributed by atoms with Gasteiger partial charge in [0.1, 0.15) is 22.3 Å². The van der Waals surface area contributed by atoms with Gasteiger partial charge in [0.25, 0.3) is 0 Å². The van der Waals surface area contributed by atoms with E-state index in [4.69, 9.17) is 118 Å². The summed E-state index contributed by atoms with van der Waals surface area (Å²) < 4.78 is 181. The topological polar surface area (TPSA) is 423 Å². The van der Waals surface area contributed by atoms with Gasteiger partial charge in [-0.05, 0) is 122 Å². The second-order valence-electron chi connectivity index (χ2n) is 33.2. The minimum Gasteiger partial charge on any atom is -0.744 e. The summed E-state index contributed by atoms with van der Waals surface area (Å²) in [5.41, 5.74) is 3.91. The molecule has 0 radical (unpaired) electrons. The molecule has 2 aliphatic heterocycles. The number of nitrogens with one attached hydrogen (secondary N) is 3. The molecule has 2 heterocycles. The molecule has 0 bridgehead atoms. The molecule has 0 saturated heterocycles. The number of unbranched alkanes of at least 4 members (excludes halogenated alkanes) is 6. The predicted molar refractivity (Wildman–Crippen MR) is 510 cm³/mol. The summed E-state index contributed by atoms with van der Waals surface area (Å²) in [6, 6.07) is 10.4. The number of carbonyl (C=O) groups excluding carboxylic acids is 3. The Bertz CT molecular complexity index is 3580. The number of methoxy groups -OCH3 is 1. The SMILES string of the molecule is COCCOCCOCCOCCOCCOCCOCCOCCOCCOCCOCCOCCOCCOCCOCCOCCOCCOCCOCCOCCOCCOCCOCCOCCNC(=O)CCCCCN1C(=CC=CC=CC2=[N+](CCCCCC(=O)NCCCCCNC(=O)OC(C)(C)C)c3ccc(SOO[O-])cc3C2(C)C)C(C)(C)c2cc(S(=O)(=O)[O-])ccc21. The van der Waals surface area contributed by atoms with Crippen molar-refractivity contribution in [2.45, 2.75) is 145 Å². The fourth-order valence-corrected chi connectivity index (χ4v) is 14.4. The number of anilines is 1. The second-order valence-corrected chi connectivity index (χ2v) is 35.3. The average molecular weight is 2000 g/mol. The van der Waals surface area contributed by atoms with Crippen molar-refractivity contribution >= 4 is 57.2 Å². The van der Waals surface area contributed by atoms with Gasteiger partial charge in [0, 0.05) is 92.0 Å². The van der Waals surface area contributed by atoms with Gasteiger partial charge in [-0.25, -0.2) is 13.2 Å². The van der Waals surface area contributed by atoms with Crippen molar-refractivity contribution in [1.29, 1.82) is 0 Å². The summed E-state index contributed by atoms with van der Waals surface area (Å²) >= 11 is 0.841. The van der Waals surface area contributed by atoms with E-state index in [1.54, 1.807) is 13.2 Å². The van der Waals surface area contributed by atoms with Crippen LogP contribution in [0, 0.1) is 0 Å². The molecule has 4 rings (SSSR count). The zero-order valence-electron chi connectivity index (χ0n) is 83.0. The van der Waals surface area contributed by atoms with Gasteiger partial charge in [-0.15, -0.1) is 0 Å². The molecule has 3 N–H and O–H groups in total. The van der Waals surface area contributed by atoms with Crippen molar-refractivity contribution in [3.63, 3.8) is 0 Å². The van der Waals surface area contributed by atoms with Crippen molar-refractivity contribution in [3.05, 3.63) is 83.6 Å². The highest BCUT2D eigenvalue weighted by Crippen LogP contribution is 2.49. The molecule has 41 heteroatoms. The molecule has 39 nitrogen and oxygen atoms in total. The van der Waals surface area contributed by atoms with E-state index in [-0.39, 0.29) is 16.7 Å². The van der Waals surface area contributed by atoms with Gasteiger partial charge in [-0.3, -0.25) is 14.6 Å². The van der Waals surface area contributed by atoms with Crippen LogP contribution >= 0.6 is 12.0 Å². The molecule has 0 aliphatic carbocycles. The smallest absolute Gasteiger partial charge is 0.407 e. The molecular formula is C96H164N5O34S2-. The van der Waals surface area contributed by atoms with Crippen LogP contribution in [-0.4, -0.2) is 397 Å². The lowest BCUT2D eigenvalue weighted by atomic mass is 9.81. The Hall–Kier alpha value is -5.48. The molecule has 2 aromatic rings. The summed E-state index contributed by atoms with van der Waals surface area (Å²) in [5, 5.41) is 23.1. The summed E-state index contributed by atoms with van der Waals surface area (Å²) in [6.07, 6.45) is 17.3. The van der Waals surface area contributed by atoms with E-state index >= 15 is 0 Å². The van der Waals surface area contributed by atoms with Gasteiger partial charge in [0.05, 0.1) is 333 Å². The van der Waals surface area contributed by atoms with Gasteiger partial charge < -0.3 is 149 Å². The molecule has 0 atom stereocenters. The van der Waals surface area contributed by atoms with Crippen molar-refractivity contribution < 1.29 is 165 Å². The summed E-state index contributed by atoms with van der Waals surface area (Å²) in [6.45, 7) is 38.5. The number of amides is 3. The molecule has 0 saturated carbocycles. The Morgan fingerprint density at radius 1 is 0.401 bits per heavy atom. The highest BCUT2D eigenvalue weighted by atomic mass is 32.2. The van der Waals surface area contributed by atoms with Gasteiger partial charge in [-0.1, -0.05) is 38.5 Å². The van der Waals surface area contributed by atoms with Crippen molar-refractivity contribution in [3.8, 4) is 0 Å². The number of carbonyl (C=O) groups is 3. The molecule has 790 valence electrons. The van der Waals surface area contributed by atoms with Crippen LogP contribution in [0.15, 0.2) is 82.3 Å². The largest absolute Gasteiger partial charge is 0.744 e. The lowest BCUT2D eigenvalue weighted by molar-refractivity contribution is -0.777. The number of hydrogen-bond donors (Lipinski definition) is 3. The molecule has 2 aliphatic rings. The van der Waals surface area contributed by atoms with Crippen molar-refractivity contribution in [2.75, 3.05) is 355 Å². The Morgan fingerprint density at radius 3 is 1.12 bits per heavy atom. The minimum absolute atomic E-state index is 0.0143. The van der Waals surface area contributed by atoms with E-state index in [2.05, 4.69) is 54.7 Å². The normalized spacial score (nSPS) is 13.9. The molecule has 0 spiro atoms. The standard InChI is InChI=1S/C96H165N5O34S2/c1-94(2,3)133-93(104)99-30-18-12-17-29-97-91(102)23-15-10-19-32-100-87-27-25-83(136-135-134-105)81-85(87)95(4,5)89(100)21-13-9-14-22-90-96(6,7)86-82-84(137(106,107)108)26-28-88(86)101(90)33-20-11-16-24-92(103)98-31-34-110-37-38-112-41-42-114-45-46-116-49-50-118-53-54-120-57-58-122-61-62-124-65-66-126-69-70-128-73-74-130-77-78-132-80-79-131-76-75-129-72-71-127-68-67-125-64-63-123-60-59-121-56-55-119-52-51-117-48-47-115-44-43-113-40-39-111-36-35-109-8/h9,13-14,21-22,25-28,81-82H,10-12,15-20,23-24,29-80H2,1-8H3,(H4-,97,98,99,102,103,104,105,106,107,108)/p-1. The number of ether oxygens (including phenoxy) is 25. The molecule has 3 amide bonds. The van der Waals surface area contributed by atoms with E-state index in [0.717, 1.165) is 97.3 Å². The van der Waals surface area contributed by atoms with Crippen LogP contribution in [0.2, 0.25) is 0 Å². The van der Waals surface area contributed by atoms with E-state index in [9.17, 15) is 32.6 Å². The number of rotatable bonds is 97. The van der Waals surface area contributed by atoms with E-state index in [1.807, 2.05) is 77.1 Å². The van der Waals surface area contributed by atoms with Crippen LogP contribution < -0.4 is 26.1 Å². The van der Waals surface area contributed by atoms with Crippen LogP contribution in [0.25, 0.3) is 0 Å². The third-order valence-corrected chi connectivity index (χ3v) is 21.9. The van der Waals surface area contributed by atoms with Crippen molar-refractivity contribution in [2.24, 2.45) is 0 Å². The number of alkyl carbamates (subject to hydrolysis) is 1. The third-order valence-electron chi connectivity index (χ3n) is 20.5. The lowest BCUT2D eigenvalue weighted by Crippen LogP contribution is -2.33. The van der Waals surface area contributed by atoms with Gasteiger partial charge in [0.2, 0.25) is 17.5 Å². The van der Waals surface area contributed by atoms with E-state index < -0.39 is 32.6 Å². The zero-order valence-corrected chi connectivity index (χ0v) is 84.6. The average Bonchev–Trinajstić information content (AvgIpc) is 1.49. The third kappa shape index (κ3) is 64.0. The second kappa shape index (κ2) is 82.9. The van der Waals surface area contributed by atoms with Gasteiger partial charge in [0.15, 0.2) is 5.71 Å². The zero-order chi connectivity index (χ0) is 98.8. The Morgan fingerprint density at radius 2 is 0.752 bits per heavy atom. The maximum Gasteiger partial charge on any atom is 0.407 e. The van der Waals surface area contributed by atoms with Crippen LogP contribution in [-0.2, 0) is 158 Å². The lowest BCUT2D eigenvalue weighted by Gasteiger charge is -2.27. The molecule has 0 aromatic heterocycles. The fraction of sp³-hybridized carbons (Fsp3) is 0.771. The summed E-state index contributed by atoms with van der Waals surface area (Å²) in [4.78, 5) is 40.0. The number of fused-ring (bicyclic) bond motifs is 2. The minimum atomic E-state index is -4.72. The first-order valence-electron chi connectivity index (χ1n) is 48.3. The maximum atomic E-state index is 12.8. The van der Waals surface area contributed by atoms with Crippen LogP contribution in [0.5, 0.6) is 0 Å². The molecule has 2 aromatic carbocycles. The van der Waals surface area contributed by atoms with Crippen LogP contribution in [0.4, 0.5) is 16.2 Å². The first kappa shape index (κ1) is 124. The predicted octanol–water partition coefficient (Wildman–Crippen LogP) is 8.07. The number of allylic oxidation sites excluding steroid dienone is 6. The van der Waals surface area contributed by atoms with E-state index in [0.29, 0.717) is 367 Å². The van der Waals surface area contributed by atoms with Crippen LogP contribution in [0.3, 0.4) is 0 Å². The first-order chi connectivity index (χ1) is 66.7. The molecule has 0 unspecified atom stereocenters. The Labute approximate surface area is 818 Å². The quantitative estimate of drug-likeness (QED) is 0.0107. The van der Waals surface area contributed by atoms with Crippen molar-refractivity contribution in [1.82, 2.24) is 16.0 Å².